The summed E-state index contributed by atoms with van der Waals surface area (Å²) in [4.78, 5) is 18.6. The lowest BCUT2D eigenvalue weighted by Gasteiger charge is -2.37. The van der Waals surface area contributed by atoms with Crippen LogP contribution < -0.4 is 4.90 Å². The van der Waals surface area contributed by atoms with Crippen molar-refractivity contribution in [2.45, 2.75) is 13.0 Å². The highest BCUT2D eigenvalue weighted by molar-refractivity contribution is 7.22. The summed E-state index contributed by atoms with van der Waals surface area (Å²) in [6.07, 6.45) is 4.47. The molecule has 0 amide bonds. The molecule has 6 heteroatoms. The number of para-hydroxylation sites is 1. The summed E-state index contributed by atoms with van der Waals surface area (Å²) in [5.41, 5.74) is 2.24. The number of anilines is 1. The zero-order valence-corrected chi connectivity index (χ0v) is 14.0. The van der Waals surface area contributed by atoms with Gasteiger partial charge in [0.05, 0.1) is 29.6 Å². The first-order chi connectivity index (χ1) is 11.7. The van der Waals surface area contributed by atoms with E-state index in [2.05, 4.69) is 24.0 Å². The van der Waals surface area contributed by atoms with Crippen LogP contribution in [-0.2, 0) is 9.53 Å². The average Bonchev–Trinajstić information content (AvgIpc) is 3.18. The predicted molar refractivity (Wildman–Crippen MR) is 94.2 cm³/mol. The van der Waals surface area contributed by atoms with E-state index >= 15 is 0 Å². The van der Waals surface area contributed by atoms with Gasteiger partial charge < -0.3 is 14.1 Å². The number of aryl methyl sites for hydroxylation is 1. The van der Waals surface area contributed by atoms with Crippen LogP contribution in [0.2, 0.25) is 0 Å². The summed E-state index contributed by atoms with van der Waals surface area (Å²) in [6, 6.07) is 9.75. The Morgan fingerprint density at radius 1 is 1.38 bits per heavy atom. The van der Waals surface area contributed by atoms with Gasteiger partial charge in [0, 0.05) is 6.08 Å². The Balaban J connectivity index is 1.34. The van der Waals surface area contributed by atoms with Gasteiger partial charge in [0.25, 0.3) is 0 Å². The highest BCUT2D eigenvalue weighted by Gasteiger charge is 2.31. The van der Waals surface area contributed by atoms with E-state index in [0.29, 0.717) is 18.8 Å². The van der Waals surface area contributed by atoms with E-state index in [9.17, 15) is 4.79 Å². The molecular weight excluding hydrogens is 324 g/mol. The molecule has 0 spiro atoms. The fourth-order valence-corrected chi connectivity index (χ4v) is 3.68. The number of ether oxygens (including phenoxy) is 1. The molecule has 3 aromatic rings. The molecule has 0 aliphatic carbocycles. The summed E-state index contributed by atoms with van der Waals surface area (Å²) >= 11 is 1.67. The van der Waals surface area contributed by atoms with E-state index in [4.69, 9.17) is 14.1 Å². The quantitative estimate of drug-likeness (QED) is 0.536. The topological polar surface area (TPSA) is 55.6 Å². The van der Waals surface area contributed by atoms with Crippen LogP contribution in [0.4, 0.5) is 5.13 Å². The number of esters is 1. The second kappa shape index (κ2) is 6.13. The zero-order valence-electron chi connectivity index (χ0n) is 13.1. The fourth-order valence-electron chi connectivity index (χ4n) is 2.62. The van der Waals surface area contributed by atoms with Crippen LogP contribution in [0.25, 0.3) is 16.3 Å². The Hall–Kier alpha value is -2.60. The molecule has 4 rings (SSSR count). The summed E-state index contributed by atoms with van der Waals surface area (Å²) in [5, 5.41) is 0.984. The van der Waals surface area contributed by atoms with Crippen LogP contribution in [0, 0.1) is 6.92 Å². The Kier molecular flexibility index (Phi) is 3.82. The molecule has 0 bridgehead atoms. The van der Waals surface area contributed by atoms with Crippen molar-refractivity contribution in [1.82, 2.24) is 4.98 Å². The lowest BCUT2D eigenvalue weighted by atomic mass is 10.2. The van der Waals surface area contributed by atoms with Gasteiger partial charge in [0.1, 0.15) is 11.9 Å². The molecule has 122 valence electrons. The maximum Gasteiger partial charge on any atom is 0.331 e. The van der Waals surface area contributed by atoms with E-state index in [-0.39, 0.29) is 12.1 Å². The largest absolute Gasteiger partial charge is 0.465 e. The number of hydrogen-bond donors (Lipinski definition) is 0. The first kappa shape index (κ1) is 15.0. The molecule has 1 fully saturated rings. The first-order valence-electron chi connectivity index (χ1n) is 7.72. The van der Waals surface area contributed by atoms with Crippen LogP contribution in [0.5, 0.6) is 0 Å². The van der Waals surface area contributed by atoms with Gasteiger partial charge in [0.2, 0.25) is 0 Å². The summed E-state index contributed by atoms with van der Waals surface area (Å²) in [6.45, 7) is 3.43. The summed E-state index contributed by atoms with van der Waals surface area (Å²) in [7, 11) is 0. The van der Waals surface area contributed by atoms with Gasteiger partial charge in [-0.3, -0.25) is 0 Å². The Morgan fingerprint density at radius 3 is 3.00 bits per heavy atom. The van der Waals surface area contributed by atoms with Crippen LogP contribution in [0.15, 0.2) is 47.1 Å². The van der Waals surface area contributed by atoms with Crippen LogP contribution in [-0.4, -0.2) is 30.1 Å². The number of carbonyl (C=O) groups excluding carboxylic acids is 1. The van der Waals surface area contributed by atoms with Crippen molar-refractivity contribution in [1.29, 1.82) is 0 Å². The Labute approximate surface area is 143 Å². The minimum atomic E-state index is -0.351. The van der Waals surface area contributed by atoms with Gasteiger partial charge in [-0.25, -0.2) is 9.78 Å². The smallest absolute Gasteiger partial charge is 0.331 e. The van der Waals surface area contributed by atoms with Crippen LogP contribution >= 0.6 is 11.3 Å². The maximum atomic E-state index is 11.8. The molecule has 1 saturated heterocycles. The standard InChI is InChI=1S/C18H16N2O3S/c1-12-4-2-6-15-17(12)19-18(24-15)20-10-14(11-20)23-16(21)8-7-13-5-3-9-22-13/h2-9,14H,10-11H2,1H3. The molecule has 1 aliphatic rings. The number of fused-ring (bicyclic) bond motifs is 1. The number of nitrogens with zero attached hydrogens (tertiary/aromatic N) is 2. The van der Waals surface area contributed by atoms with Crippen molar-refractivity contribution in [2.75, 3.05) is 18.0 Å². The monoisotopic (exact) mass is 340 g/mol. The van der Waals surface area contributed by atoms with Crippen molar-refractivity contribution in [2.24, 2.45) is 0 Å². The third-order valence-electron chi connectivity index (χ3n) is 3.94. The SMILES string of the molecule is Cc1cccc2sc(N3CC(OC(=O)C=Cc4ccco4)C3)nc12. The Morgan fingerprint density at radius 2 is 2.25 bits per heavy atom. The number of aromatic nitrogens is 1. The molecule has 0 saturated carbocycles. The molecule has 0 radical (unpaired) electrons. The van der Waals surface area contributed by atoms with Gasteiger partial charge in [-0.1, -0.05) is 23.5 Å². The van der Waals surface area contributed by atoms with Crippen molar-refractivity contribution in [3.8, 4) is 0 Å². The second-order valence-corrected chi connectivity index (χ2v) is 6.74. The second-order valence-electron chi connectivity index (χ2n) is 5.73. The third-order valence-corrected chi connectivity index (χ3v) is 5.02. The van der Waals surface area contributed by atoms with Crippen LogP contribution in [0.3, 0.4) is 0 Å². The lowest BCUT2D eigenvalue weighted by molar-refractivity contribution is -0.143. The molecule has 0 N–H and O–H groups in total. The van der Waals surface area contributed by atoms with E-state index in [0.717, 1.165) is 10.6 Å². The molecule has 3 heterocycles. The van der Waals surface area contributed by atoms with Crippen molar-refractivity contribution in [3.63, 3.8) is 0 Å². The minimum Gasteiger partial charge on any atom is -0.465 e. The van der Waals surface area contributed by atoms with E-state index in [1.54, 1.807) is 35.8 Å². The molecule has 1 aliphatic heterocycles. The Bertz CT molecular complexity index is 892. The van der Waals surface area contributed by atoms with Gasteiger partial charge in [0.15, 0.2) is 5.13 Å². The highest BCUT2D eigenvalue weighted by Crippen LogP contribution is 2.33. The van der Waals surface area contributed by atoms with Gasteiger partial charge >= 0.3 is 5.97 Å². The number of thiazole rings is 1. The zero-order chi connectivity index (χ0) is 16.5. The predicted octanol–water partition coefficient (Wildman–Crippen LogP) is 3.64. The third kappa shape index (κ3) is 2.92. The highest BCUT2D eigenvalue weighted by atomic mass is 32.1. The fraction of sp³-hybridized carbons (Fsp3) is 0.222. The minimum absolute atomic E-state index is 0.0909. The molecule has 24 heavy (non-hydrogen) atoms. The molecular formula is C18H16N2O3S. The maximum absolute atomic E-state index is 11.8. The van der Waals surface area contributed by atoms with Gasteiger partial charge in [-0.15, -0.1) is 0 Å². The lowest BCUT2D eigenvalue weighted by Crippen LogP contribution is -2.52. The molecule has 0 atom stereocenters. The molecule has 1 aromatic carbocycles. The van der Waals surface area contributed by atoms with Crippen molar-refractivity contribution >= 4 is 38.7 Å². The number of carbonyl (C=O) groups is 1. The number of rotatable bonds is 4. The van der Waals surface area contributed by atoms with Gasteiger partial charge in [-0.05, 0) is 36.8 Å². The molecule has 0 unspecified atom stereocenters. The van der Waals surface area contributed by atoms with Crippen LogP contribution in [0.1, 0.15) is 11.3 Å². The number of benzene rings is 1. The average molecular weight is 340 g/mol. The van der Waals surface area contributed by atoms with Gasteiger partial charge in [-0.2, -0.15) is 0 Å². The van der Waals surface area contributed by atoms with E-state index < -0.39 is 0 Å². The molecule has 2 aromatic heterocycles. The van der Waals surface area contributed by atoms with Crippen molar-refractivity contribution in [3.05, 3.63) is 54.0 Å². The van der Waals surface area contributed by atoms with E-state index in [1.807, 2.05) is 6.07 Å². The number of hydrogen-bond acceptors (Lipinski definition) is 6. The normalized spacial score (nSPS) is 15.1. The molecule has 5 nitrogen and oxygen atoms in total. The first-order valence-corrected chi connectivity index (χ1v) is 8.54. The summed E-state index contributed by atoms with van der Waals surface area (Å²) in [5.74, 6) is 0.281. The summed E-state index contributed by atoms with van der Waals surface area (Å²) < 4.78 is 11.7. The number of furan rings is 1. The van der Waals surface area contributed by atoms with E-state index in [1.165, 1.54) is 16.3 Å². The van der Waals surface area contributed by atoms with Crippen molar-refractivity contribution < 1.29 is 13.9 Å².